The Morgan fingerprint density at radius 3 is 2.52 bits per heavy atom. The molecule has 7 heteroatoms. The number of carbonyl (C=O) groups is 1. The van der Waals surface area contributed by atoms with Gasteiger partial charge in [-0.25, -0.2) is 14.2 Å². The molecule has 2 aromatic carbocycles. The number of hydrogen-bond acceptors (Lipinski definition) is 4. The van der Waals surface area contributed by atoms with Gasteiger partial charge in [0.15, 0.2) is 0 Å². The summed E-state index contributed by atoms with van der Waals surface area (Å²) in [5, 5.41) is 9.21. The van der Waals surface area contributed by atoms with Crippen molar-refractivity contribution in [2.75, 3.05) is 32.8 Å². The van der Waals surface area contributed by atoms with Gasteiger partial charge < -0.3 is 19.6 Å². The van der Waals surface area contributed by atoms with E-state index in [2.05, 4.69) is 23.1 Å². The third-order valence-electron chi connectivity index (χ3n) is 6.87. The van der Waals surface area contributed by atoms with Crippen molar-refractivity contribution in [1.29, 1.82) is 0 Å². The highest BCUT2D eigenvalue weighted by molar-refractivity contribution is 5.76. The largest absolute Gasteiger partial charge is 0.465 e. The molecule has 1 amide bonds. The smallest absolute Gasteiger partial charge is 0.407 e. The Kier molecular flexibility index (Phi) is 5.04. The van der Waals surface area contributed by atoms with E-state index in [-0.39, 0.29) is 17.3 Å². The second-order valence-electron chi connectivity index (χ2n) is 8.75. The summed E-state index contributed by atoms with van der Waals surface area (Å²) in [6, 6.07) is 15.6. The summed E-state index contributed by atoms with van der Waals surface area (Å²) in [6.07, 6.45) is 1.57. The Morgan fingerprint density at radius 1 is 1.10 bits per heavy atom. The van der Waals surface area contributed by atoms with Crippen LogP contribution in [0.25, 0.3) is 0 Å². The topological polar surface area (TPSA) is 65.4 Å². The molecule has 3 aliphatic heterocycles. The van der Waals surface area contributed by atoms with Crippen molar-refractivity contribution in [3.63, 3.8) is 0 Å². The van der Waals surface area contributed by atoms with Crippen LogP contribution in [0.1, 0.15) is 35.6 Å². The number of benzene rings is 2. The van der Waals surface area contributed by atoms with Gasteiger partial charge in [-0.05, 0) is 48.1 Å². The lowest BCUT2D eigenvalue weighted by molar-refractivity contribution is 0.0326. The predicted octanol–water partition coefficient (Wildman–Crippen LogP) is 3.92. The Hall–Kier alpha value is -3.09. The molecule has 0 aromatic heterocycles. The highest BCUT2D eigenvalue weighted by atomic mass is 19.1. The van der Waals surface area contributed by atoms with Gasteiger partial charge in [-0.3, -0.25) is 0 Å². The van der Waals surface area contributed by atoms with E-state index in [1.165, 1.54) is 28.2 Å². The molecular formula is C24H26FN3O3. The second kappa shape index (κ2) is 7.87. The minimum Gasteiger partial charge on any atom is -0.465 e. The average Bonchev–Trinajstić information content (AvgIpc) is 2.80. The molecule has 0 bridgehead atoms. The van der Waals surface area contributed by atoms with Crippen molar-refractivity contribution >= 4 is 12.1 Å². The fraction of sp³-hybridized carbons (Fsp3) is 0.417. The number of ether oxygens (including phenoxy) is 1. The minimum absolute atomic E-state index is 0.0767. The lowest BCUT2D eigenvalue weighted by atomic mass is 9.78. The van der Waals surface area contributed by atoms with E-state index < -0.39 is 6.09 Å². The molecular weight excluding hydrogens is 397 g/mol. The third-order valence-corrected chi connectivity index (χ3v) is 6.87. The molecule has 5 rings (SSSR count). The molecule has 31 heavy (non-hydrogen) atoms. The van der Waals surface area contributed by atoms with Crippen LogP contribution in [0.4, 0.5) is 9.18 Å². The van der Waals surface area contributed by atoms with E-state index in [0.29, 0.717) is 32.3 Å². The first kappa shape index (κ1) is 19.8. The van der Waals surface area contributed by atoms with Crippen molar-refractivity contribution in [3.05, 3.63) is 71.0 Å². The number of hydrogen-bond donors (Lipinski definition) is 1. The van der Waals surface area contributed by atoms with Crippen molar-refractivity contribution in [3.8, 4) is 0 Å². The number of amidine groups is 1. The van der Waals surface area contributed by atoms with Gasteiger partial charge in [0.25, 0.3) is 6.02 Å². The molecule has 0 saturated carbocycles. The number of likely N-dealkylation sites (tertiary alicyclic amines) is 1. The van der Waals surface area contributed by atoms with Crippen LogP contribution < -0.4 is 0 Å². The molecule has 1 spiro atoms. The van der Waals surface area contributed by atoms with Crippen molar-refractivity contribution < 1.29 is 19.0 Å². The Balaban J connectivity index is 1.41. The van der Waals surface area contributed by atoms with Crippen LogP contribution in [-0.4, -0.2) is 59.8 Å². The summed E-state index contributed by atoms with van der Waals surface area (Å²) in [4.78, 5) is 19.7. The van der Waals surface area contributed by atoms with E-state index in [0.717, 1.165) is 31.4 Å². The van der Waals surface area contributed by atoms with Gasteiger partial charge in [0, 0.05) is 25.0 Å². The van der Waals surface area contributed by atoms with Gasteiger partial charge >= 0.3 is 6.09 Å². The van der Waals surface area contributed by atoms with Gasteiger partial charge in [0.1, 0.15) is 5.82 Å². The molecule has 0 aliphatic carbocycles. The molecule has 3 aliphatic rings. The maximum atomic E-state index is 13.6. The molecule has 0 unspecified atom stereocenters. The Morgan fingerprint density at radius 2 is 1.84 bits per heavy atom. The predicted molar refractivity (Wildman–Crippen MR) is 115 cm³/mol. The minimum atomic E-state index is -0.857. The number of halogens is 1. The van der Waals surface area contributed by atoms with Gasteiger partial charge in [0.2, 0.25) is 0 Å². The Labute approximate surface area is 181 Å². The highest BCUT2D eigenvalue weighted by Gasteiger charge is 2.41. The first-order chi connectivity index (χ1) is 15.0. The molecule has 2 aromatic rings. The summed E-state index contributed by atoms with van der Waals surface area (Å²) >= 11 is 0. The maximum Gasteiger partial charge on any atom is 0.407 e. The molecule has 3 heterocycles. The van der Waals surface area contributed by atoms with Crippen LogP contribution >= 0.6 is 0 Å². The zero-order valence-electron chi connectivity index (χ0n) is 17.3. The van der Waals surface area contributed by atoms with Crippen molar-refractivity contribution in [2.24, 2.45) is 10.4 Å². The number of aliphatic imine (C=N–C) groups is 1. The molecule has 1 fully saturated rings. The summed E-state index contributed by atoms with van der Waals surface area (Å²) in [6.45, 7) is 3.02. The first-order valence-electron chi connectivity index (χ1n) is 10.8. The quantitative estimate of drug-likeness (QED) is 0.755. The van der Waals surface area contributed by atoms with Gasteiger partial charge in [0.05, 0.1) is 19.2 Å². The number of carboxylic acid groups (broad SMARTS) is 1. The Bertz CT molecular complexity index is 999. The summed E-state index contributed by atoms with van der Waals surface area (Å²) in [5.41, 5.74) is 3.41. The fourth-order valence-corrected chi connectivity index (χ4v) is 4.97. The second-order valence-corrected chi connectivity index (χ2v) is 8.75. The number of amides is 1. The van der Waals surface area contributed by atoms with E-state index in [4.69, 9.17) is 9.73 Å². The molecule has 1 atom stereocenters. The molecule has 6 nitrogen and oxygen atoms in total. The standard InChI is InChI=1S/C24H26FN3O3/c25-19-7-5-18(6-8-19)21-20-4-2-1-3-17(20)9-12-28(21)22-26-15-24(16-31-22)10-13-27(14-11-24)23(29)30/h1-8,21H,9-16H2,(H,29,30)/t21-/m0/s1. The lowest BCUT2D eigenvalue weighted by Crippen LogP contribution is -2.50. The lowest BCUT2D eigenvalue weighted by Gasteiger charge is -2.45. The van der Waals surface area contributed by atoms with Crippen LogP contribution in [0.2, 0.25) is 0 Å². The first-order valence-corrected chi connectivity index (χ1v) is 10.8. The maximum absolute atomic E-state index is 13.6. The fourth-order valence-electron chi connectivity index (χ4n) is 4.97. The molecule has 1 saturated heterocycles. The van der Waals surface area contributed by atoms with Gasteiger partial charge in [-0.15, -0.1) is 0 Å². The average molecular weight is 423 g/mol. The summed E-state index contributed by atoms with van der Waals surface area (Å²) < 4.78 is 19.8. The van der Waals surface area contributed by atoms with Crippen LogP contribution in [0.3, 0.4) is 0 Å². The number of piperidine rings is 1. The molecule has 0 radical (unpaired) electrons. The zero-order valence-corrected chi connectivity index (χ0v) is 17.3. The van der Waals surface area contributed by atoms with E-state index in [9.17, 15) is 14.3 Å². The van der Waals surface area contributed by atoms with Crippen molar-refractivity contribution in [1.82, 2.24) is 9.80 Å². The number of rotatable bonds is 1. The monoisotopic (exact) mass is 423 g/mol. The number of fused-ring (bicyclic) bond motifs is 1. The van der Waals surface area contributed by atoms with Crippen molar-refractivity contribution in [2.45, 2.75) is 25.3 Å². The third kappa shape index (κ3) is 3.73. The SMILES string of the molecule is O=C(O)N1CCC2(CC1)CN=C(N1CCc3ccccc3[C@@H]1c1ccc(F)cc1)OC2. The number of nitrogens with zero attached hydrogens (tertiary/aromatic N) is 3. The molecule has 162 valence electrons. The highest BCUT2D eigenvalue weighted by Crippen LogP contribution is 2.39. The molecule has 1 N–H and O–H groups in total. The van der Waals surface area contributed by atoms with Gasteiger partial charge in [-0.2, -0.15) is 0 Å². The summed E-state index contributed by atoms with van der Waals surface area (Å²) in [7, 11) is 0. The van der Waals surface area contributed by atoms with E-state index >= 15 is 0 Å². The zero-order chi connectivity index (χ0) is 21.4. The van der Waals surface area contributed by atoms with Crippen LogP contribution in [0.5, 0.6) is 0 Å². The van der Waals surface area contributed by atoms with Crippen LogP contribution in [0, 0.1) is 11.2 Å². The van der Waals surface area contributed by atoms with Gasteiger partial charge in [-0.1, -0.05) is 36.4 Å². The van der Waals surface area contributed by atoms with Crippen LogP contribution in [-0.2, 0) is 11.2 Å². The van der Waals surface area contributed by atoms with E-state index in [1.54, 1.807) is 0 Å². The summed E-state index contributed by atoms with van der Waals surface area (Å²) in [5.74, 6) is -0.250. The van der Waals surface area contributed by atoms with Crippen LogP contribution in [0.15, 0.2) is 53.5 Å². The van der Waals surface area contributed by atoms with E-state index in [1.807, 2.05) is 18.2 Å². The normalized spacial score (nSPS) is 22.5.